The van der Waals surface area contributed by atoms with Crippen molar-refractivity contribution in [3.8, 4) is 10.6 Å². The highest BCUT2D eigenvalue weighted by Crippen LogP contribution is 2.24. The van der Waals surface area contributed by atoms with Crippen LogP contribution in [-0.2, 0) is 16.0 Å². The summed E-state index contributed by atoms with van der Waals surface area (Å²) in [4.78, 5) is 19.1. The third-order valence-electron chi connectivity index (χ3n) is 3.86. The van der Waals surface area contributed by atoms with Crippen LogP contribution >= 0.6 is 11.3 Å². The number of benzene rings is 1. The Hall–Kier alpha value is -1.72. The van der Waals surface area contributed by atoms with Crippen molar-refractivity contribution >= 4 is 17.2 Å². The maximum Gasteiger partial charge on any atom is 0.229 e. The summed E-state index contributed by atoms with van der Waals surface area (Å²) in [7, 11) is 0. The lowest BCUT2D eigenvalue weighted by Gasteiger charge is -2.38. The summed E-state index contributed by atoms with van der Waals surface area (Å²) >= 11 is 1.59. The molecule has 2 heterocycles. The average Bonchev–Trinajstić information content (AvgIpc) is 2.96. The van der Waals surface area contributed by atoms with Gasteiger partial charge in [-0.25, -0.2) is 4.98 Å². The van der Waals surface area contributed by atoms with Gasteiger partial charge in [0.1, 0.15) is 5.01 Å². The van der Waals surface area contributed by atoms with E-state index in [1.165, 1.54) is 0 Å². The quantitative estimate of drug-likeness (QED) is 0.874. The van der Waals surface area contributed by atoms with Gasteiger partial charge in [0.2, 0.25) is 5.91 Å². The predicted molar refractivity (Wildman–Crippen MR) is 87.8 cm³/mol. The van der Waals surface area contributed by atoms with Crippen molar-refractivity contribution in [2.45, 2.75) is 32.4 Å². The first kappa shape index (κ1) is 15.2. The number of hydrogen-bond acceptors (Lipinski definition) is 4. The Kier molecular flexibility index (Phi) is 4.55. The maximum absolute atomic E-state index is 12.6. The third-order valence-corrected chi connectivity index (χ3v) is 4.80. The molecule has 1 aromatic heterocycles. The largest absolute Gasteiger partial charge is 0.377 e. The maximum atomic E-state index is 12.6. The number of amides is 1. The normalized spacial score (nSPS) is 21.8. The van der Waals surface area contributed by atoms with Crippen molar-refractivity contribution in [1.29, 1.82) is 0 Å². The van der Waals surface area contributed by atoms with Crippen LogP contribution in [0.1, 0.15) is 19.5 Å². The van der Waals surface area contributed by atoms with Gasteiger partial charge in [-0.15, -0.1) is 11.3 Å². The Morgan fingerprint density at radius 3 is 2.64 bits per heavy atom. The topological polar surface area (TPSA) is 42.4 Å². The summed E-state index contributed by atoms with van der Waals surface area (Å²) in [6.45, 7) is 5.29. The highest BCUT2D eigenvalue weighted by molar-refractivity contribution is 7.13. The lowest BCUT2D eigenvalue weighted by molar-refractivity contribution is -0.143. The lowest BCUT2D eigenvalue weighted by atomic mass is 10.1. The number of carbonyl (C=O) groups is 1. The van der Waals surface area contributed by atoms with Gasteiger partial charge in [-0.1, -0.05) is 30.3 Å². The molecule has 1 aliphatic heterocycles. The van der Waals surface area contributed by atoms with E-state index in [1.807, 2.05) is 54.5 Å². The molecule has 22 heavy (non-hydrogen) atoms. The number of aromatic nitrogens is 1. The van der Waals surface area contributed by atoms with Crippen LogP contribution in [-0.4, -0.2) is 41.1 Å². The van der Waals surface area contributed by atoms with E-state index in [4.69, 9.17) is 4.74 Å². The van der Waals surface area contributed by atoms with E-state index < -0.39 is 0 Å². The fourth-order valence-corrected chi connectivity index (χ4v) is 3.67. The third kappa shape index (κ3) is 3.20. The summed E-state index contributed by atoms with van der Waals surface area (Å²) < 4.78 is 5.48. The molecule has 3 rings (SSSR count). The zero-order chi connectivity index (χ0) is 15.5. The number of ether oxygens (including phenoxy) is 1. The minimum Gasteiger partial charge on any atom is -0.377 e. The second kappa shape index (κ2) is 6.58. The summed E-state index contributed by atoms with van der Waals surface area (Å²) in [5, 5.41) is 2.95. The monoisotopic (exact) mass is 316 g/mol. The Bertz CT molecular complexity index is 631. The Morgan fingerprint density at radius 1 is 1.27 bits per heavy atom. The summed E-state index contributed by atoms with van der Waals surface area (Å²) in [5.74, 6) is 0.133. The molecule has 2 aromatic rings. The minimum absolute atomic E-state index is 0.128. The first-order valence-electron chi connectivity index (χ1n) is 7.54. The van der Waals surface area contributed by atoms with Crippen molar-refractivity contribution in [3.63, 3.8) is 0 Å². The lowest BCUT2D eigenvalue weighted by Crippen LogP contribution is -2.53. The molecule has 0 aliphatic carbocycles. The molecule has 0 N–H and O–H groups in total. The Morgan fingerprint density at radius 2 is 1.95 bits per heavy atom. The molecule has 1 amide bonds. The molecule has 116 valence electrons. The molecular formula is C17H20N2O2S. The van der Waals surface area contributed by atoms with E-state index >= 15 is 0 Å². The van der Waals surface area contributed by atoms with Gasteiger partial charge in [-0.2, -0.15) is 0 Å². The van der Waals surface area contributed by atoms with E-state index in [0.717, 1.165) is 16.3 Å². The van der Waals surface area contributed by atoms with Crippen LogP contribution in [0.3, 0.4) is 0 Å². The van der Waals surface area contributed by atoms with Crippen molar-refractivity contribution in [1.82, 2.24) is 9.88 Å². The summed E-state index contributed by atoms with van der Waals surface area (Å²) in [5.41, 5.74) is 1.94. The molecule has 4 nitrogen and oxygen atoms in total. The fourth-order valence-electron chi connectivity index (χ4n) is 2.84. The summed E-state index contributed by atoms with van der Waals surface area (Å²) in [6.07, 6.45) is 0.359. The smallest absolute Gasteiger partial charge is 0.229 e. The van der Waals surface area contributed by atoms with Gasteiger partial charge >= 0.3 is 0 Å². The number of morpholine rings is 1. The van der Waals surface area contributed by atoms with E-state index in [1.54, 1.807) is 11.3 Å². The Balaban J connectivity index is 1.71. The van der Waals surface area contributed by atoms with E-state index in [0.29, 0.717) is 19.6 Å². The molecule has 1 aliphatic rings. The van der Waals surface area contributed by atoms with Crippen LogP contribution in [0, 0.1) is 0 Å². The number of nitrogens with zero attached hydrogens (tertiary/aromatic N) is 2. The molecule has 0 spiro atoms. The second-order valence-corrected chi connectivity index (χ2v) is 6.58. The molecule has 2 unspecified atom stereocenters. The predicted octanol–water partition coefficient (Wildman–Crippen LogP) is 2.99. The first-order valence-corrected chi connectivity index (χ1v) is 8.42. The zero-order valence-electron chi connectivity index (χ0n) is 12.9. The number of rotatable bonds is 3. The van der Waals surface area contributed by atoms with E-state index in [9.17, 15) is 4.79 Å². The van der Waals surface area contributed by atoms with Crippen LogP contribution in [0.4, 0.5) is 0 Å². The van der Waals surface area contributed by atoms with Gasteiger partial charge in [0.15, 0.2) is 0 Å². The van der Waals surface area contributed by atoms with E-state index in [-0.39, 0.29) is 18.0 Å². The fraction of sp³-hybridized carbons (Fsp3) is 0.412. The van der Waals surface area contributed by atoms with Crippen molar-refractivity contribution in [2.75, 3.05) is 13.2 Å². The second-order valence-electron chi connectivity index (χ2n) is 5.72. The zero-order valence-corrected chi connectivity index (χ0v) is 13.7. The van der Waals surface area contributed by atoms with Crippen LogP contribution in [0.5, 0.6) is 0 Å². The van der Waals surface area contributed by atoms with Crippen molar-refractivity contribution < 1.29 is 9.53 Å². The molecule has 1 fully saturated rings. The van der Waals surface area contributed by atoms with Gasteiger partial charge in [0.25, 0.3) is 0 Å². The first-order chi connectivity index (χ1) is 10.6. The highest BCUT2D eigenvalue weighted by Gasteiger charge is 2.29. The Labute approximate surface area is 134 Å². The van der Waals surface area contributed by atoms with Gasteiger partial charge in [-0.05, 0) is 13.8 Å². The number of thiazole rings is 1. The highest BCUT2D eigenvalue weighted by atomic mass is 32.1. The van der Waals surface area contributed by atoms with Gasteiger partial charge in [0.05, 0.1) is 37.4 Å². The molecule has 0 bridgehead atoms. The molecule has 5 heteroatoms. The van der Waals surface area contributed by atoms with Crippen LogP contribution in [0.15, 0.2) is 35.7 Å². The number of hydrogen-bond donors (Lipinski definition) is 0. The van der Waals surface area contributed by atoms with Gasteiger partial charge in [0, 0.05) is 10.9 Å². The van der Waals surface area contributed by atoms with Gasteiger partial charge < -0.3 is 9.64 Å². The molecule has 1 saturated heterocycles. The SMILES string of the molecule is CC1COCC(C)N1C(=O)Cc1csc(-c2ccccc2)n1. The molecule has 2 atom stereocenters. The standard InChI is InChI=1S/C17H20N2O2S/c1-12-9-21-10-13(2)19(12)16(20)8-15-11-22-17(18-15)14-6-4-3-5-7-14/h3-7,11-13H,8-10H2,1-2H3. The van der Waals surface area contributed by atoms with E-state index in [2.05, 4.69) is 4.98 Å². The van der Waals surface area contributed by atoms with Crippen LogP contribution in [0.2, 0.25) is 0 Å². The molecule has 0 radical (unpaired) electrons. The minimum atomic E-state index is 0.128. The molecule has 1 aromatic carbocycles. The van der Waals surface area contributed by atoms with Crippen LogP contribution in [0.25, 0.3) is 10.6 Å². The molecular weight excluding hydrogens is 296 g/mol. The van der Waals surface area contributed by atoms with Crippen molar-refractivity contribution in [2.24, 2.45) is 0 Å². The number of carbonyl (C=O) groups excluding carboxylic acids is 1. The summed E-state index contributed by atoms with van der Waals surface area (Å²) in [6, 6.07) is 10.3. The van der Waals surface area contributed by atoms with Crippen LogP contribution < -0.4 is 0 Å². The van der Waals surface area contributed by atoms with Crippen molar-refractivity contribution in [3.05, 3.63) is 41.4 Å². The average molecular weight is 316 g/mol. The molecule has 0 saturated carbocycles. The van der Waals surface area contributed by atoms with Gasteiger partial charge in [-0.3, -0.25) is 4.79 Å².